The van der Waals surface area contributed by atoms with Crippen molar-refractivity contribution in [2.24, 2.45) is 0 Å². The molecule has 0 saturated heterocycles. The average molecular weight is 372 g/mol. The van der Waals surface area contributed by atoms with Crippen molar-refractivity contribution in [1.29, 1.82) is 0 Å². The lowest BCUT2D eigenvalue weighted by molar-refractivity contribution is -0.141. The maximum atomic E-state index is 12.8. The Kier molecular flexibility index (Phi) is 5.79. The Bertz CT molecular complexity index is 779. The van der Waals surface area contributed by atoms with Crippen molar-refractivity contribution in [2.75, 3.05) is 26.7 Å². The first-order valence-electron chi connectivity index (χ1n) is 7.80. The van der Waals surface area contributed by atoms with Crippen LogP contribution in [0.2, 0.25) is 0 Å². The summed E-state index contributed by atoms with van der Waals surface area (Å²) in [5.74, 6) is -1.38. The Balaban J connectivity index is 2.09. The number of amides is 2. The molecule has 2 aromatic heterocycles. The number of hydrogen-bond donors (Lipinski definition) is 0. The quantitative estimate of drug-likeness (QED) is 0.781. The lowest BCUT2D eigenvalue weighted by atomic mass is 10.2. The molecule has 9 heteroatoms. The largest absolute Gasteiger partial charge is 0.459 e. The van der Waals surface area contributed by atoms with Crippen molar-refractivity contribution in [3.8, 4) is 0 Å². The highest BCUT2D eigenvalue weighted by atomic mass is 19.4. The standard InChI is InChI=1S/C17H19F3N2O4/c1-11-4-8-25-13(11)15(23)21(3)6-7-22(10-17(18,19)20)16(24)14-12(2)5-9-26-14/h4-5,8-9H,6-7,10H2,1-3H3. The molecule has 0 unspecified atom stereocenters. The fourth-order valence-corrected chi connectivity index (χ4v) is 2.34. The van der Waals surface area contributed by atoms with Crippen LogP contribution < -0.4 is 0 Å². The molecule has 2 rings (SSSR count). The molecule has 0 bridgehead atoms. The molecule has 0 N–H and O–H groups in total. The summed E-state index contributed by atoms with van der Waals surface area (Å²) in [7, 11) is 1.43. The summed E-state index contributed by atoms with van der Waals surface area (Å²) in [4.78, 5) is 26.5. The van der Waals surface area contributed by atoms with Gasteiger partial charge in [-0.05, 0) is 26.0 Å². The molecule has 0 atom stereocenters. The van der Waals surface area contributed by atoms with Gasteiger partial charge in [0.05, 0.1) is 12.5 Å². The van der Waals surface area contributed by atoms with E-state index in [1.165, 1.54) is 30.5 Å². The van der Waals surface area contributed by atoms with Gasteiger partial charge in [0.2, 0.25) is 0 Å². The van der Waals surface area contributed by atoms with E-state index in [1.54, 1.807) is 19.9 Å². The van der Waals surface area contributed by atoms with Gasteiger partial charge in [-0.1, -0.05) is 0 Å². The molecule has 0 saturated carbocycles. The number of carbonyl (C=O) groups excluding carboxylic acids is 2. The predicted octanol–water partition coefficient (Wildman–Crippen LogP) is 3.27. The predicted molar refractivity (Wildman–Crippen MR) is 85.8 cm³/mol. The molecule has 142 valence electrons. The first-order chi connectivity index (χ1) is 12.1. The molecule has 2 aromatic rings. The van der Waals surface area contributed by atoms with E-state index in [-0.39, 0.29) is 24.6 Å². The molecule has 0 spiro atoms. The second-order valence-electron chi connectivity index (χ2n) is 5.93. The summed E-state index contributed by atoms with van der Waals surface area (Å²) in [5, 5.41) is 0. The fourth-order valence-electron chi connectivity index (χ4n) is 2.34. The highest BCUT2D eigenvalue weighted by Crippen LogP contribution is 2.20. The molecular weight excluding hydrogens is 353 g/mol. The Morgan fingerprint density at radius 1 is 0.962 bits per heavy atom. The van der Waals surface area contributed by atoms with E-state index >= 15 is 0 Å². The number of rotatable bonds is 6. The van der Waals surface area contributed by atoms with Gasteiger partial charge in [-0.15, -0.1) is 0 Å². The van der Waals surface area contributed by atoms with Crippen molar-refractivity contribution < 1.29 is 31.6 Å². The van der Waals surface area contributed by atoms with E-state index in [1.807, 2.05) is 0 Å². The SMILES string of the molecule is Cc1ccoc1C(=O)N(C)CCN(CC(F)(F)F)C(=O)c1occc1C. The summed E-state index contributed by atoms with van der Waals surface area (Å²) < 4.78 is 48.6. The van der Waals surface area contributed by atoms with Gasteiger partial charge in [-0.25, -0.2) is 0 Å². The van der Waals surface area contributed by atoms with Crippen LogP contribution in [0.15, 0.2) is 33.5 Å². The number of hydrogen-bond acceptors (Lipinski definition) is 4. The van der Waals surface area contributed by atoms with E-state index in [4.69, 9.17) is 8.83 Å². The Hall–Kier alpha value is -2.71. The van der Waals surface area contributed by atoms with Crippen LogP contribution in [0.25, 0.3) is 0 Å². The van der Waals surface area contributed by atoms with Gasteiger partial charge >= 0.3 is 6.18 Å². The van der Waals surface area contributed by atoms with Gasteiger partial charge in [-0.3, -0.25) is 9.59 Å². The third-order valence-electron chi connectivity index (χ3n) is 3.82. The minimum atomic E-state index is -4.57. The fraction of sp³-hybridized carbons (Fsp3) is 0.412. The van der Waals surface area contributed by atoms with E-state index in [9.17, 15) is 22.8 Å². The lowest BCUT2D eigenvalue weighted by Crippen LogP contribution is -2.44. The van der Waals surface area contributed by atoms with E-state index in [0.29, 0.717) is 16.0 Å². The summed E-state index contributed by atoms with van der Waals surface area (Å²) in [6.45, 7) is 1.41. The van der Waals surface area contributed by atoms with Crippen LogP contribution in [0.5, 0.6) is 0 Å². The van der Waals surface area contributed by atoms with Gasteiger partial charge in [0, 0.05) is 31.3 Å². The highest BCUT2D eigenvalue weighted by Gasteiger charge is 2.35. The van der Waals surface area contributed by atoms with Crippen LogP contribution >= 0.6 is 0 Å². The van der Waals surface area contributed by atoms with E-state index in [0.717, 1.165) is 0 Å². The number of halogens is 3. The van der Waals surface area contributed by atoms with Crippen molar-refractivity contribution >= 4 is 11.8 Å². The first kappa shape index (κ1) is 19.6. The molecule has 0 radical (unpaired) electrons. The number of carbonyl (C=O) groups is 2. The third-order valence-corrected chi connectivity index (χ3v) is 3.82. The number of furan rings is 2. The van der Waals surface area contributed by atoms with Crippen LogP contribution in [0.3, 0.4) is 0 Å². The molecule has 0 fully saturated rings. The first-order valence-corrected chi connectivity index (χ1v) is 7.80. The molecule has 26 heavy (non-hydrogen) atoms. The molecular formula is C17H19F3N2O4. The number of likely N-dealkylation sites (N-methyl/N-ethyl adjacent to an activating group) is 1. The molecule has 0 aliphatic rings. The van der Waals surface area contributed by atoms with Crippen LogP contribution in [0, 0.1) is 13.8 Å². The Labute approximate surface area is 148 Å². The second kappa shape index (κ2) is 7.67. The highest BCUT2D eigenvalue weighted by molar-refractivity contribution is 5.93. The van der Waals surface area contributed by atoms with Gasteiger partial charge in [-0.2, -0.15) is 13.2 Å². The summed E-state index contributed by atoms with van der Waals surface area (Å²) in [6, 6.07) is 3.11. The smallest absolute Gasteiger partial charge is 0.406 e. The maximum Gasteiger partial charge on any atom is 0.406 e. The van der Waals surface area contributed by atoms with E-state index < -0.39 is 24.5 Å². The van der Waals surface area contributed by atoms with Gasteiger partial charge in [0.25, 0.3) is 11.8 Å². The minimum absolute atomic E-state index is 0.0967. The Morgan fingerprint density at radius 3 is 1.88 bits per heavy atom. The summed E-state index contributed by atoms with van der Waals surface area (Å²) in [5.41, 5.74) is 1.06. The number of aryl methyl sites for hydroxylation is 2. The topological polar surface area (TPSA) is 66.9 Å². The van der Waals surface area contributed by atoms with Crippen molar-refractivity contribution in [2.45, 2.75) is 20.0 Å². The Morgan fingerprint density at radius 2 is 1.46 bits per heavy atom. The van der Waals surface area contributed by atoms with Crippen LogP contribution in [0.1, 0.15) is 32.2 Å². The molecule has 0 aliphatic carbocycles. The molecule has 0 aromatic carbocycles. The normalized spacial score (nSPS) is 11.5. The zero-order chi connectivity index (χ0) is 19.5. The van der Waals surface area contributed by atoms with Gasteiger partial charge in [0.1, 0.15) is 6.54 Å². The number of alkyl halides is 3. The molecule has 0 aliphatic heterocycles. The zero-order valence-electron chi connectivity index (χ0n) is 14.6. The van der Waals surface area contributed by atoms with E-state index in [2.05, 4.69) is 0 Å². The van der Waals surface area contributed by atoms with Crippen LogP contribution in [-0.2, 0) is 0 Å². The monoisotopic (exact) mass is 372 g/mol. The van der Waals surface area contributed by atoms with Crippen molar-refractivity contribution in [3.05, 3.63) is 47.3 Å². The van der Waals surface area contributed by atoms with Gasteiger partial charge in [0.15, 0.2) is 11.5 Å². The third kappa shape index (κ3) is 4.68. The molecule has 2 amide bonds. The van der Waals surface area contributed by atoms with Crippen molar-refractivity contribution in [3.63, 3.8) is 0 Å². The summed E-state index contributed by atoms with van der Waals surface area (Å²) in [6.07, 6.45) is -1.98. The lowest BCUT2D eigenvalue weighted by Gasteiger charge is -2.26. The number of nitrogens with zero attached hydrogens (tertiary/aromatic N) is 2. The van der Waals surface area contributed by atoms with Gasteiger partial charge < -0.3 is 18.6 Å². The second-order valence-corrected chi connectivity index (χ2v) is 5.93. The van der Waals surface area contributed by atoms with Crippen molar-refractivity contribution in [1.82, 2.24) is 9.80 Å². The van der Waals surface area contributed by atoms with Crippen LogP contribution in [0.4, 0.5) is 13.2 Å². The minimum Gasteiger partial charge on any atom is -0.459 e. The summed E-state index contributed by atoms with van der Waals surface area (Å²) >= 11 is 0. The van der Waals surface area contributed by atoms with Crippen LogP contribution in [-0.4, -0.2) is 54.5 Å². The molecule has 6 nitrogen and oxygen atoms in total. The zero-order valence-corrected chi connectivity index (χ0v) is 14.6. The molecule has 2 heterocycles. The average Bonchev–Trinajstić information content (AvgIpc) is 3.16. The maximum absolute atomic E-state index is 12.8.